The Morgan fingerprint density at radius 2 is 2.24 bits per heavy atom. The van der Waals surface area contributed by atoms with E-state index in [-0.39, 0.29) is 5.69 Å². The number of aliphatic carboxylic acids is 1. The van der Waals surface area contributed by atoms with Crippen molar-refractivity contribution in [2.24, 2.45) is 0 Å². The van der Waals surface area contributed by atoms with E-state index in [1.54, 1.807) is 12.3 Å². The summed E-state index contributed by atoms with van der Waals surface area (Å²) < 4.78 is 0. The van der Waals surface area contributed by atoms with E-state index < -0.39 is 24.6 Å². The van der Waals surface area contributed by atoms with Gasteiger partial charge < -0.3 is 20.3 Å². The standard InChI is InChI=1S/C10H11N3O4/c14-7(3-8(15)16)9(17)6-4-12-10-5(13-6)1-2-11-10/h1-2,4,7,9,14,17H,3H2,(H,11,12)(H,15,16). The number of fused-ring (bicyclic) bond motifs is 1. The van der Waals surface area contributed by atoms with Crippen LogP contribution in [0, 0.1) is 0 Å². The highest BCUT2D eigenvalue weighted by molar-refractivity contribution is 5.70. The highest BCUT2D eigenvalue weighted by atomic mass is 16.4. The fourth-order valence-electron chi connectivity index (χ4n) is 1.47. The summed E-state index contributed by atoms with van der Waals surface area (Å²) in [7, 11) is 0. The molecule has 2 unspecified atom stereocenters. The van der Waals surface area contributed by atoms with Gasteiger partial charge in [0.15, 0.2) is 5.65 Å². The van der Waals surface area contributed by atoms with Crippen molar-refractivity contribution in [2.45, 2.75) is 18.6 Å². The fourth-order valence-corrected chi connectivity index (χ4v) is 1.47. The molecule has 0 spiro atoms. The molecule has 0 aliphatic carbocycles. The van der Waals surface area contributed by atoms with Crippen molar-refractivity contribution in [3.63, 3.8) is 0 Å². The Kier molecular flexibility index (Phi) is 3.03. The van der Waals surface area contributed by atoms with Crippen LogP contribution in [0.15, 0.2) is 18.5 Å². The number of nitrogens with one attached hydrogen (secondary N) is 1. The number of carboxylic acid groups (broad SMARTS) is 1. The molecule has 0 aromatic carbocycles. The predicted octanol–water partition coefficient (Wildman–Crippen LogP) is -0.173. The molecule has 0 aliphatic heterocycles. The number of nitrogens with zero attached hydrogens (tertiary/aromatic N) is 2. The zero-order chi connectivity index (χ0) is 12.4. The van der Waals surface area contributed by atoms with Gasteiger partial charge in [-0.05, 0) is 6.07 Å². The van der Waals surface area contributed by atoms with Crippen molar-refractivity contribution in [2.75, 3.05) is 0 Å². The average Bonchev–Trinajstić information content (AvgIpc) is 2.73. The molecule has 7 nitrogen and oxygen atoms in total. The first-order chi connectivity index (χ1) is 8.08. The van der Waals surface area contributed by atoms with Gasteiger partial charge in [-0.1, -0.05) is 0 Å². The van der Waals surface area contributed by atoms with Crippen molar-refractivity contribution < 1.29 is 20.1 Å². The number of rotatable bonds is 4. The monoisotopic (exact) mass is 237 g/mol. The van der Waals surface area contributed by atoms with Crippen molar-refractivity contribution in [3.8, 4) is 0 Å². The van der Waals surface area contributed by atoms with E-state index in [1.807, 2.05) is 0 Å². The van der Waals surface area contributed by atoms with Gasteiger partial charge in [0.25, 0.3) is 0 Å². The van der Waals surface area contributed by atoms with Gasteiger partial charge in [0.2, 0.25) is 0 Å². The van der Waals surface area contributed by atoms with Crippen molar-refractivity contribution in [1.29, 1.82) is 0 Å². The quantitative estimate of drug-likeness (QED) is 0.586. The summed E-state index contributed by atoms with van der Waals surface area (Å²) in [5.74, 6) is -1.19. The average molecular weight is 237 g/mol. The second-order valence-electron chi connectivity index (χ2n) is 3.62. The number of aromatic amines is 1. The van der Waals surface area contributed by atoms with Gasteiger partial charge in [-0.25, -0.2) is 9.97 Å². The minimum Gasteiger partial charge on any atom is -0.481 e. The van der Waals surface area contributed by atoms with E-state index in [0.29, 0.717) is 11.2 Å². The van der Waals surface area contributed by atoms with Crippen LogP contribution in [0.25, 0.3) is 11.2 Å². The second kappa shape index (κ2) is 4.48. The Morgan fingerprint density at radius 1 is 1.47 bits per heavy atom. The molecule has 4 N–H and O–H groups in total. The van der Waals surface area contributed by atoms with Crippen LogP contribution in [-0.2, 0) is 4.79 Å². The maximum absolute atomic E-state index is 10.4. The van der Waals surface area contributed by atoms with E-state index in [4.69, 9.17) is 5.11 Å². The van der Waals surface area contributed by atoms with Crippen molar-refractivity contribution in [3.05, 3.63) is 24.2 Å². The smallest absolute Gasteiger partial charge is 0.306 e. The second-order valence-corrected chi connectivity index (χ2v) is 3.62. The Morgan fingerprint density at radius 3 is 2.94 bits per heavy atom. The number of aliphatic hydroxyl groups excluding tert-OH is 2. The molecule has 7 heteroatoms. The van der Waals surface area contributed by atoms with Crippen LogP contribution in [0.1, 0.15) is 18.2 Å². The van der Waals surface area contributed by atoms with E-state index in [1.165, 1.54) is 6.20 Å². The Hall–Kier alpha value is -1.99. The number of hydrogen-bond acceptors (Lipinski definition) is 5. The zero-order valence-corrected chi connectivity index (χ0v) is 8.74. The molecule has 2 rings (SSSR count). The molecule has 2 heterocycles. The molecular weight excluding hydrogens is 226 g/mol. The minimum absolute atomic E-state index is 0.144. The molecule has 0 saturated heterocycles. The van der Waals surface area contributed by atoms with Gasteiger partial charge in [-0.3, -0.25) is 4.79 Å². The molecule has 2 aromatic rings. The highest BCUT2D eigenvalue weighted by Gasteiger charge is 2.22. The first-order valence-corrected chi connectivity index (χ1v) is 4.96. The normalized spacial score (nSPS) is 14.7. The molecule has 2 atom stereocenters. The van der Waals surface area contributed by atoms with Crippen LogP contribution >= 0.6 is 0 Å². The largest absolute Gasteiger partial charge is 0.481 e. The molecule has 17 heavy (non-hydrogen) atoms. The molecular formula is C10H11N3O4. The number of aliphatic hydroxyl groups is 2. The maximum Gasteiger partial charge on any atom is 0.306 e. The van der Waals surface area contributed by atoms with E-state index in [0.717, 1.165) is 0 Å². The Bertz CT molecular complexity index is 539. The van der Waals surface area contributed by atoms with Gasteiger partial charge in [0, 0.05) is 6.20 Å². The first kappa shape index (κ1) is 11.5. The molecule has 0 fully saturated rings. The van der Waals surface area contributed by atoms with Gasteiger partial charge in [-0.15, -0.1) is 0 Å². The third kappa shape index (κ3) is 2.40. The van der Waals surface area contributed by atoms with Crippen molar-refractivity contribution in [1.82, 2.24) is 15.0 Å². The summed E-state index contributed by atoms with van der Waals surface area (Å²) in [4.78, 5) is 21.3. The summed E-state index contributed by atoms with van der Waals surface area (Å²) in [6.45, 7) is 0. The molecule has 0 amide bonds. The Labute approximate surface area is 95.8 Å². The predicted molar refractivity (Wildman–Crippen MR) is 57.1 cm³/mol. The minimum atomic E-state index is -1.40. The number of carbonyl (C=O) groups is 1. The lowest BCUT2D eigenvalue weighted by molar-refractivity contribution is -0.141. The molecule has 0 saturated carbocycles. The van der Waals surface area contributed by atoms with Crippen LogP contribution in [-0.4, -0.2) is 42.3 Å². The summed E-state index contributed by atoms with van der Waals surface area (Å²) in [5, 5.41) is 27.7. The third-order valence-electron chi connectivity index (χ3n) is 2.33. The zero-order valence-electron chi connectivity index (χ0n) is 8.74. The van der Waals surface area contributed by atoms with E-state index in [9.17, 15) is 15.0 Å². The molecule has 90 valence electrons. The van der Waals surface area contributed by atoms with Crippen LogP contribution in [0.2, 0.25) is 0 Å². The topological polar surface area (TPSA) is 119 Å². The fraction of sp³-hybridized carbons (Fsp3) is 0.300. The number of aromatic nitrogens is 3. The molecule has 0 bridgehead atoms. The van der Waals surface area contributed by atoms with Crippen molar-refractivity contribution >= 4 is 17.1 Å². The molecule has 0 aliphatic rings. The third-order valence-corrected chi connectivity index (χ3v) is 2.33. The summed E-state index contributed by atoms with van der Waals surface area (Å²) in [5.41, 5.74) is 1.25. The van der Waals surface area contributed by atoms with Gasteiger partial charge in [0.05, 0.1) is 24.4 Å². The lowest BCUT2D eigenvalue weighted by Gasteiger charge is -2.14. The Balaban J connectivity index is 2.23. The van der Waals surface area contributed by atoms with Gasteiger partial charge in [-0.2, -0.15) is 0 Å². The van der Waals surface area contributed by atoms with Gasteiger partial charge >= 0.3 is 5.97 Å². The van der Waals surface area contributed by atoms with Gasteiger partial charge in [0.1, 0.15) is 11.6 Å². The van der Waals surface area contributed by atoms with Crippen LogP contribution in [0.5, 0.6) is 0 Å². The van der Waals surface area contributed by atoms with E-state index in [2.05, 4.69) is 15.0 Å². The maximum atomic E-state index is 10.4. The molecule has 0 radical (unpaired) electrons. The highest BCUT2D eigenvalue weighted by Crippen LogP contribution is 2.18. The lowest BCUT2D eigenvalue weighted by Crippen LogP contribution is -2.22. The SMILES string of the molecule is O=C(O)CC(O)C(O)c1cnc2[nH]ccc2n1. The van der Waals surface area contributed by atoms with Crippen LogP contribution in [0.3, 0.4) is 0 Å². The number of hydrogen-bond donors (Lipinski definition) is 4. The summed E-state index contributed by atoms with van der Waals surface area (Å²) >= 11 is 0. The summed E-state index contributed by atoms with van der Waals surface area (Å²) in [6, 6.07) is 1.67. The lowest BCUT2D eigenvalue weighted by atomic mass is 10.1. The van der Waals surface area contributed by atoms with Crippen LogP contribution in [0.4, 0.5) is 0 Å². The van der Waals surface area contributed by atoms with Crippen LogP contribution < -0.4 is 0 Å². The first-order valence-electron chi connectivity index (χ1n) is 4.96. The number of H-pyrrole nitrogens is 1. The molecule has 2 aromatic heterocycles. The summed E-state index contributed by atoms with van der Waals surface area (Å²) in [6.07, 6.45) is -0.368. The van der Waals surface area contributed by atoms with E-state index >= 15 is 0 Å². The number of carboxylic acids is 1.